The van der Waals surface area contributed by atoms with Crippen molar-refractivity contribution in [2.45, 2.75) is 45.6 Å². The quantitative estimate of drug-likeness (QED) is 0.669. The van der Waals surface area contributed by atoms with Crippen LogP contribution >= 0.6 is 12.2 Å². The first-order valence-corrected chi connectivity index (χ1v) is 10.3. The number of nitrogens with one attached hydrogen (secondary N) is 3. The van der Waals surface area contributed by atoms with Crippen molar-refractivity contribution >= 4 is 38.7 Å². The minimum absolute atomic E-state index is 0.199. The van der Waals surface area contributed by atoms with Gasteiger partial charge < -0.3 is 10.6 Å². The fourth-order valence-electron chi connectivity index (χ4n) is 2.68. The minimum Gasteiger partial charge on any atom is -0.360 e. The highest BCUT2D eigenvalue weighted by Crippen LogP contribution is 2.25. The Morgan fingerprint density at radius 1 is 1.00 bits per heavy atom. The third-order valence-corrected chi connectivity index (χ3v) is 5.34. The van der Waals surface area contributed by atoms with E-state index in [-0.39, 0.29) is 10.9 Å². The van der Waals surface area contributed by atoms with Crippen LogP contribution in [0.25, 0.3) is 0 Å². The number of hydrogen-bond donors (Lipinski definition) is 3. The fourth-order valence-corrected chi connectivity index (χ4v) is 4.24. The molecule has 0 radical (unpaired) electrons. The van der Waals surface area contributed by atoms with Crippen molar-refractivity contribution in [2.75, 3.05) is 10.0 Å². The van der Waals surface area contributed by atoms with Gasteiger partial charge in [-0.1, -0.05) is 17.7 Å². The molecule has 0 aliphatic heterocycles. The molecule has 0 bridgehead atoms. The predicted octanol–water partition coefficient (Wildman–Crippen LogP) is 4.11. The molecule has 0 spiro atoms. The van der Waals surface area contributed by atoms with E-state index in [9.17, 15) is 8.42 Å². The van der Waals surface area contributed by atoms with Crippen LogP contribution in [0, 0.1) is 20.8 Å². The normalized spacial score (nSPS) is 11.3. The van der Waals surface area contributed by atoms with E-state index in [0.717, 1.165) is 22.4 Å². The van der Waals surface area contributed by atoms with E-state index < -0.39 is 10.0 Å². The molecule has 0 saturated carbocycles. The molecule has 140 valence electrons. The molecule has 0 aromatic heterocycles. The second-order valence-corrected chi connectivity index (χ2v) is 8.75. The Morgan fingerprint density at radius 2 is 1.54 bits per heavy atom. The zero-order valence-electron chi connectivity index (χ0n) is 15.7. The molecule has 0 heterocycles. The Balaban J connectivity index is 2.19. The molecule has 5 nitrogen and oxygen atoms in total. The Labute approximate surface area is 161 Å². The molecular formula is C19H25N3O2S2. The largest absolute Gasteiger partial charge is 0.360 e. The Kier molecular flexibility index (Phi) is 6.26. The summed E-state index contributed by atoms with van der Waals surface area (Å²) in [6.45, 7) is 9.76. The number of thiocarbonyl (C=S) groups is 1. The lowest BCUT2D eigenvalue weighted by atomic mass is 10.1. The van der Waals surface area contributed by atoms with Crippen LogP contribution in [0.3, 0.4) is 0 Å². The van der Waals surface area contributed by atoms with E-state index in [4.69, 9.17) is 12.2 Å². The minimum atomic E-state index is -3.66. The molecule has 2 rings (SSSR count). The van der Waals surface area contributed by atoms with Gasteiger partial charge in [-0.2, -0.15) is 0 Å². The van der Waals surface area contributed by atoms with Crippen molar-refractivity contribution in [1.82, 2.24) is 5.32 Å². The van der Waals surface area contributed by atoms with Crippen LogP contribution in [0.15, 0.2) is 41.3 Å². The van der Waals surface area contributed by atoms with Gasteiger partial charge in [0.15, 0.2) is 5.11 Å². The van der Waals surface area contributed by atoms with Crippen LogP contribution in [0.1, 0.15) is 30.5 Å². The predicted molar refractivity (Wildman–Crippen MR) is 112 cm³/mol. The lowest BCUT2D eigenvalue weighted by Crippen LogP contribution is -2.33. The molecule has 2 aromatic carbocycles. The van der Waals surface area contributed by atoms with Gasteiger partial charge in [-0.05, 0) is 82.2 Å². The van der Waals surface area contributed by atoms with Crippen LogP contribution < -0.4 is 15.4 Å². The van der Waals surface area contributed by atoms with Gasteiger partial charge in [0.2, 0.25) is 0 Å². The maximum absolute atomic E-state index is 12.7. The average Bonchev–Trinajstić information content (AvgIpc) is 2.50. The van der Waals surface area contributed by atoms with Crippen LogP contribution in [-0.2, 0) is 10.0 Å². The SMILES string of the molecule is Cc1cc(C)c(NS(=O)(=O)c2ccc(NC(=S)NC(C)C)cc2)c(C)c1. The van der Waals surface area contributed by atoms with Crippen LogP contribution in [0.4, 0.5) is 11.4 Å². The van der Waals surface area contributed by atoms with E-state index >= 15 is 0 Å². The van der Waals surface area contributed by atoms with E-state index in [1.165, 1.54) is 0 Å². The van der Waals surface area contributed by atoms with Gasteiger partial charge in [0.1, 0.15) is 0 Å². The highest BCUT2D eigenvalue weighted by atomic mass is 32.2. The van der Waals surface area contributed by atoms with Crippen molar-refractivity contribution < 1.29 is 8.42 Å². The van der Waals surface area contributed by atoms with E-state index in [2.05, 4.69) is 15.4 Å². The Bertz CT molecular complexity index is 882. The molecule has 0 saturated heterocycles. The van der Waals surface area contributed by atoms with E-state index in [0.29, 0.717) is 10.8 Å². The standard InChI is InChI=1S/C19H25N3O2S2/c1-12(2)20-19(25)21-16-6-8-17(9-7-16)26(23,24)22-18-14(4)10-13(3)11-15(18)5/h6-12,22H,1-5H3,(H2,20,21,25). The van der Waals surface area contributed by atoms with E-state index in [1.54, 1.807) is 24.3 Å². The number of aryl methyl sites for hydroxylation is 3. The molecule has 26 heavy (non-hydrogen) atoms. The lowest BCUT2D eigenvalue weighted by Gasteiger charge is -2.15. The third kappa shape index (κ3) is 5.19. The van der Waals surface area contributed by atoms with Gasteiger partial charge >= 0.3 is 0 Å². The molecular weight excluding hydrogens is 366 g/mol. The molecule has 0 atom stereocenters. The first kappa shape index (κ1) is 20.2. The van der Waals surface area contributed by atoms with E-state index in [1.807, 2.05) is 46.8 Å². The second-order valence-electron chi connectivity index (χ2n) is 6.66. The Hall–Kier alpha value is -2.12. The smallest absolute Gasteiger partial charge is 0.261 e. The summed E-state index contributed by atoms with van der Waals surface area (Å²) in [4.78, 5) is 0.199. The number of sulfonamides is 1. The average molecular weight is 392 g/mol. The van der Waals surface area contributed by atoms with Crippen molar-refractivity contribution in [1.29, 1.82) is 0 Å². The number of benzene rings is 2. The molecule has 0 fully saturated rings. The van der Waals surface area contributed by atoms with Crippen LogP contribution in [0.5, 0.6) is 0 Å². The van der Waals surface area contributed by atoms with Gasteiger partial charge in [0, 0.05) is 11.7 Å². The molecule has 7 heteroatoms. The lowest BCUT2D eigenvalue weighted by molar-refractivity contribution is 0.601. The number of rotatable bonds is 5. The summed E-state index contributed by atoms with van der Waals surface area (Å²) >= 11 is 5.19. The highest BCUT2D eigenvalue weighted by molar-refractivity contribution is 7.92. The van der Waals surface area contributed by atoms with Gasteiger partial charge in [0.05, 0.1) is 10.6 Å². The van der Waals surface area contributed by atoms with Crippen molar-refractivity contribution in [3.8, 4) is 0 Å². The van der Waals surface area contributed by atoms with Crippen LogP contribution in [-0.4, -0.2) is 19.6 Å². The van der Waals surface area contributed by atoms with Crippen LogP contribution in [0.2, 0.25) is 0 Å². The highest BCUT2D eigenvalue weighted by Gasteiger charge is 2.17. The summed E-state index contributed by atoms with van der Waals surface area (Å²) in [7, 11) is -3.66. The molecule has 3 N–H and O–H groups in total. The number of anilines is 2. The zero-order valence-corrected chi connectivity index (χ0v) is 17.3. The van der Waals surface area contributed by atoms with Crippen molar-refractivity contribution in [3.63, 3.8) is 0 Å². The molecule has 0 aliphatic rings. The summed E-state index contributed by atoms with van der Waals surface area (Å²) in [6.07, 6.45) is 0. The fraction of sp³-hybridized carbons (Fsp3) is 0.316. The number of hydrogen-bond acceptors (Lipinski definition) is 3. The third-order valence-electron chi connectivity index (χ3n) is 3.76. The van der Waals surface area contributed by atoms with Crippen molar-refractivity contribution in [3.05, 3.63) is 53.1 Å². The maximum Gasteiger partial charge on any atom is 0.261 e. The second kappa shape index (κ2) is 8.05. The summed E-state index contributed by atoms with van der Waals surface area (Å²) < 4.78 is 28.1. The monoisotopic (exact) mass is 391 g/mol. The van der Waals surface area contributed by atoms with Gasteiger partial charge in [-0.25, -0.2) is 8.42 Å². The molecule has 2 aromatic rings. The Morgan fingerprint density at radius 3 is 2.04 bits per heavy atom. The van der Waals surface area contributed by atoms with Crippen molar-refractivity contribution in [2.24, 2.45) is 0 Å². The zero-order chi connectivity index (χ0) is 19.5. The topological polar surface area (TPSA) is 70.2 Å². The van der Waals surface area contributed by atoms with Gasteiger partial charge in [-0.3, -0.25) is 4.72 Å². The first-order valence-electron chi connectivity index (χ1n) is 8.37. The maximum atomic E-state index is 12.7. The summed E-state index contributed by atoms with van der Waals surface area (Å²) in [6, 6.07) is 10.6. The molecule has 0 aliphatic carbocycles. The summed E-state index contributed by atoms with van der Waals surface area (Å²) in [5.41, 5.74) is 4.25. The molecule has 0 unspecified atom stereocenters. The van der Waals surface area contributed by atoms with Gasteiger partial charge in [-0.15, -0.1) is 0 Å². The summed E-state index contributed by atoms with van der Waals surface area (Å²) in [5.74, 6) is 0. The van der Waals surface area contributed by atoms with Gasteiger partial charge in [0.25, 0.3) is 10.0 Å². The first-order chi connectivity index (χ1) is 12.1. The molecule has 0 amide bonds. The summed E-state index contributed by atoms with van der Waals surface area (Å²) in [5, 5.41) is 6.61.